The molecule has 1 fully saturated rings. The number of hydrogen-bond acceptors (Lipinski definition) is 4. The summed E-state index contributed by atoms with van der Waals surface area (Å²) in [6.07, 6.45) is 3.49. The van der Waals surface area contributed by atoms with Crippen LogP contribution >= 0.6 is 0 Å². The SMILES string of the molecule is O=C(c1nc2cc3c(-c4ccncc4)n[nH]c3cc2[nH]1)N1C[C@@H]1c1ccccc1. The maximum absolute atomic E-state index is 12.9. The number of carbonyl (C=O) groups is 1. The monoisotopic (exact) mass is 380 g/mol. The van der Waals surface area contributed by atoms with Gasteiger partial charge in [-0.15, -0.1) is 0 Å². The van der Waals surface area contributed by atoms with E-state index in [2.05, 4.69) is 25.1 Å². The second-order valence-electron chi connectivity index (χ2n) is 7.19. The third-order valence-corrected chi connectivity index (χ3v) is 5.38. The molecule has 7 heteroatoms. The molecule has 140 valence electrons. The Bertz CT molecular complexity index is 1360. The molecule has 7 nitrogen and oxygen atoms in total. The Balaban J connectivity index is 1.36. The molecular formula is C22H16N6O. The van der Waals surface area contributed by atoms with E-state index in [1.54, 1.807) is 12.4 Å². The summed E-state index contributed by atoms with van der Waals surface area (Å²) in [7, 11) is 0. The number of aromatic amines is 2. The van der Waals surface area contributed by atoms with Crippen LogP contribution in [-0.2, 0) is 0 Å². The number of pyridine rings is 1. The van der Waals surface area contributed by atoms with Crippen LogP contribution in [-0.4, -0.2) is 42.5 Å². The molecule has 0 saturated carbocycles. The zero-order chi connectivity index (χ0) is 19.4. The summed E-state index contributed by atoms with van der Waals surface area (Å²) in [5.74, 6) is 0.288. The Morgan fingerprint density at radius 3 is 2.69 bits per heavy atom. The van der Waals surface area contributed by atoms with Crippen molar-refractivity contribution in [2.24, 2.45) is 0 Å². The predicted octanol–water partition coefficient (Wildman–Crippen LogP) is 3.70. The lowest BCUT2D eigenvalue weighted by molar-refractivity contribution is 0.0864. The van der Waals surface area contributed by atoms with E-state index < -0.39 is 0 Å². The van der Waals surface area contributed by atoms with Gasteiger partial charge in [-0.1, -0.05) is 30.3 Å². The summed E-state index contributed by atoms with van der Waals surface area (Å²) in [4.78, 5) is 26.5. The molecule has 1 atom stereocenters. The topological polar surface area (TPSA) is 90.3 Å². The summed E-state index contributed by atoms with van der Waals surface area (Å²) in [6.45, 7) is 0.719. The molecule has 0 spiro atoms. The Morgan fingerprint density at radius 1 is 1.03 bits per heavy atom. The van der Waals surface area contributed by atoms with Gasteiger partial charge in [0.05, 0.1) is 22.6 Å². The molecule has 29 heavy (non-hydrogen) atoms. The van der Waals surface area contributed by atoms with E-state index in [4.69, 9.17) is 0 Å². The first-order valence-electron chi connectivity index (χ1n) is 9.42. The number of H-pyrrole nitrogens is 2. The molecule has 4 heterocycles. The Labute approximate surface area is 165 Å². The summed E-state index contributed by atoms with van der Waals surface area (Å²) in [6, 6.07) is 18.0. The van der Waals surface area contributed by atoms with Crippen LogP contribution in [0.3, 0.4) is 0 Å². The second kappa shape index (κ2) is 6.00. The van der Waals surface area contributed by atoms with E-state index in [-0.39, 0.29) is 11.9 Å². The molecule has 5 aromatic rings. The van der Waals surface area contributed by atoms with Gasteiger partial charge in [-0.05, 0) is 29.8 Å². The number of nitrogens with zero attached hydrogens (tertiary/aromatic N) is 4. The molecule has 3 aromatic heterocycles. The standard InChI is InChI=1S/C22H16N6O/c29-22(28-12-19(28)13-4-2-1-3-5-13)21-24-17-10-15-16(11-18(17)25-21)26-27-20(15)14-6-8-23-9-7-14/h1-11,19H,12H2,(H,24,25)(H,26,27)/t19-,28?/m1/s1. The molecule has 2 N–H and O–H groups in total. The van der Waals surface area contributed by atoms with E-state index in [0.717, 1.165) is 45.3 Å². The summed E-state index contributed by atoms with van der Waals surface area (Å²) in [5.41, 5.74) is 5.42. The molecule has 2 aromatic carbocycles. The van der Waals surface area contributed by atoms with Crippen LogP contribution in [0, 0.1) is 0 Å². The van der Waals surface area contributed by atoms with Gasteiger partial charge in [-0.2, -0.15) is 5.10 Å². The van der Waals surface area contributed by atoms with Crippen LogP contribution in [0.4, 0.5) is 0 Å². The number of amides is 1. The van der Waals surface area contributed by atoms with Crippen LogP contribution in [0.5, 0.6) is 0 Å². The zero-order valence-electron chi connectivity index (χ0n) is 15.3. The maximum Gasteiger partial charge on any atom is 0.290 e. The fourth-order valence-corrected chi connectivity index (χ4v) is 3.81. The molecule has 0 radical (unpaired) electrons. The Morgan fingerprint density at radius 2 is 1.86 bits per heavy atom. The fraction of sp³-hybridized carbons (Fsp3) is 0.0909. The van der Waals surface area contributed by atoms with Gasteiger partial charge < -0.3 is 9.88 Å². The van der Waals surface area contributed by atoms with Crippen LogP contribution in [0.2, 0.25) is 0 Å². The van der Waals surface area contributed by atoms with Crippen molar-refractivity contribution >= 4 is 27.8 Å². The van der Waals surface area contributed by atoms with Crippen molar-refractivity contribution in [3.63, 3.8) is 0 Å². The van der Waals surface area contributed by atoms with E-state index in [1.165, 1.54) is 0 Å². The number of carbonyl (C=O) groups excluding carboxylic acids is 1. The molecule has 1 aliphatic rings. The third kappa shape index (κ3) is 2.59. The van der Waals surface area contributed by atoms with Crippen molar-refractivity contribution in [2.75, 3.05) is 6.54 Å². The zero-order valence-corrected chi connectivity index (χ0v) is 15.3. The summed E-state index contributed by atoms with van der Waals surface area (Å²) in [5, 5.41) is 8.47. The van der Waals surface area contributed by atoms with Gasteiger partial charge in [0.25, 0.3) is 5.91 Å². The third-order valence-electron chi connectivity index (χ3n) is 5.38. The molecule has 1 aliphatic heterocycles. The number of hydrogen-bond donors (Lipinski definition) is 2. The minimum Gasteiger partial charge on any atom is -0.334 e. The van der Waals surface area contributed by atoms with Crippen molar-refractivity contribution in [1.82, 2.24) is 30.0 Å². The molecule has 0 unspecified atom stereocenters. The molecule has 1 amide bonds. The largest absolute Gasteiger partial charge is 0.334 e. The van der Waals surface area contributed by atoms with E-state index in [1.807, 2.05) is 59.5 Å². The number of nitrogens with one attached hydrogen (secondary N) is 2. The average Bonchev–Trinajstić information content (AvgIpc) is 3.30. The molecule has 1 saturated heterocycles. The maximum atomic E-state index is 12.9. The van der Waals surface area contributed by atoms with Crippen LogP contribution in [0.1, 0.15) is 22.2 Å². The highest BCUT2D eigenvalue weighted by molar-refractivity contribution is 6.02. The van der Waals surface area contributed by atoms with Gasteiger partial charge in [-0.25, -0.2) is 4.98 Å². The highest BCUT2D eigenvalue weighted by Gasteiger charge is 2.41. The number of fused-ring (bicyclic) bond motifs is 2. The van der Waals surface area contributed by atoms with Crippen molar-refractivity contribution in [2.45, 2.75) is 6.04 Å². The molecule has 0 aliphatic carbocycles. The van der Waals surface area contributed by atoms with Gasteiger partial charge in [0.1, 0.15) is 5.69 Å². The normalized spacial score (nSPS) is 15.9. The average molecular weight is 380 g/mol. The molecular weight excluding hydrogens is 364 g/mol. The van der Waals surface area contributed by atoms with Crippen molar-refractivity contribution in [3.8, 4) is 11.3 Å². The molecule has 0 bridgehead atoms. The first-order chi connectivity index (χ1) is 14.3. The Kier molecular flexibility index (Phi) is 3.31. The lowest BCUT2D eigenvalue weighted by Crippen LogP contribution is -2.13. The van der Waals surface area contributed by atoms with Gasteiger partial charge >= 0.3 is 0 Å². The number of benzene rings is 2. The van der Waals surface area contributed by atoms with Crippen molar-refractivity contribution < 1.29 is 4.79 Å². The summed E-state index contributed by atoms with van der Waals surface area (Å²) < 4.78 is 0. The second-order valence-corrected chi connectivity index (χ2v) is 7.19. The van der Waals surface area contributed by atoms with Crippen molar-refractivity contribution in [3.05, 3.63) is 78.4 Å². The number of aromatic nitrogens is 5. The fourth-order valence-electron chi connectivity index (χ4n) is 3.81. The quantitative estimate of drug-likeness (QED) is 0.467. The number of rotatable bonds is 3. The van der Waals surface area contributed by atoms with Crippen LogP contribution in [0.25, 0.3) is 33.2 Å². The van der Waals surface area contributed by atoms with Gasteiger partial charge in [0, 0.05) is 29.9 Å². The van der Waals surface area contributed by atoms with Gasteiger partial charge in [-0.3, -0.25) is 14.9 Å². The summed E-state index contributed by atoms with van der Waals surface area (Å²) >= 11 is 0. The lowest BCUT2D eigenvalue weighted by Gasteiger charge is -2.01. The minimum absolute atomic E-state index is 0.0776. The first kappa shape index (κ1) is 16.0. The first-order valence-corrected chi connectivity index (χ1v) is 9.42. The van der Waals surface area contributed by atoms with Gasteiger partial charge in [0.2, 0.25) is 0 Å². The lowest BCUT2D eigenvalue weighted by atomic mass is 10.1. The van der Waals surface area contributed by atoms with E-state index in [9.17, 15) is 4.79 Å². The van der Waals surface area contributed by atoms with E-state index in [0.29, 0.717) is 5.82 Å². The van der Waals surface area contributed by atoms with Crippen molar-refractivity contribution in [1.29, 1.82) is 0 Å². The highest BCUT2D eigenvalue weighted by Crippen LogP contribution is 2.36. The smallest absolute Gasteiger partial charge is 0.290 e. The number of imidazole rings is 1. The van der Waals surface area contributed by atoms with Crippen LogP contribution in [0.15, 0.2) is 67.0 Å². The Hall–Kier alpha value is -4.00. The van der Waals surface area contributed by atoms with Crippen LogP contribution < -0.4 is 0 Å². The highest BCUT2D eigenvalue weighted by atomic mass is 16.2. The van der Waals surface area contributed by atoms with E-state index >= 15 is 0 Å². The van der Waals surface area contributed by atoms with Gasteiger partial charge in [0.15, 0.2) is 5.82 Å². The minimum atomic E-state index is -0.0776. The predicted molar refractivity (Wildman–Crippen MR) is 109 cm³/mol. The molecule has 6 rings (SSSR count).